The van der Waals surface area contributed by atoms with Crippen molar-refractivity contribution in [2.24, 2.45) is 0 Å². The Morgan fingerprint density at radius 1 is 1.29 bits per heavy atom. The lowest BCUT2D eigenvalue weighted by molar-refractivity contribution is 0.781. The van der Waals surface area contributed by atoms with E-state index in [9.17, 15) is 0 Å². The lowest BCUT2D eigenvalue weighted by atomic mass is 10.3. The van der Waals surface area contributed by atoms with Crippen LogP contribution in [-0.2, 0) is 0 Å². The van der Waals surface area contributed by atoms with Crippen LogP contribution in [0.25, 0.3) is 5.69 Å². The second kappa shape index (κ2) is 3.78. The van der Waals surface area contributed by atoms with Crippen LogP contribution < -0.4 is 0 Å². The molecule has 0 N–H and O–H groups in total. The topological polar surface area (TPSA) is 43.6 Å². The molecule has 1 aromatic heterocycles. The van der Waals surface area contributed by atoms with Crippen LogP contribution in [0, 0.1) is 6.92 Å². The minimum atomic E-state index is 0.504. The van der Waals surface area contributed by atoms with E-state index < -0.39 is 0 Å². The van der Waals surface area contributed by atoms with Gasteiger partial charge in [-0.3, -0.25) is 0 Å². The third-order valence-electron chi connectivity index (χ3n) is 1.69. The Labute approximate surface area is 97.6 Å². The molecule has 0 aliphatic carbocycles. The van der Waals surface area contributed by atoms with Gasteiger partial charge < -0.3 is 0 Å². The minimum Gasteiger partial charge on any atom is -0.196 e. The molecule has 0 aliphatic rings. The quantitative estimate of drug-likeness (QED) is 0.811. The summed E-state index contributed by atoms with van der Waals surface area (Å²) < 4.78 is 3.41. The van der Waals surface area contributed by atoms with Gasteiger partial charge in [-0.25, -0.2) is 0 Å². The zero-order valence-electron chi connectivity index (χ0n) is 6.98. The summed E-state index contributed by atoms with van der Waals surface area (Å²) >= 11 is 6.85. The molecule has 0 spiro atoms. The van der Waals surface area contributed by atoms with Crippen molar-refractivity contribution in [2.45, 2.75) is 0 Å². The first-order valence-electron chi connectivity index (χ1n) is 3.75. The van der Waals surface area contributed by atoms with Gasteiger partial charge in [0.2, 0.25) is 0 Å². The highest BCUT2D eigenvalue weighted by molar-refractivity contribution is 9.13. The van der Waals surface area contributed by atoms with Crippen LogP contribution >= 0.6 is 31.9 Å². The predicted octanol–water partition coefficient (Wildman–Crippen LogP) is 2.37. The van der Waals surface area contributed by atoms with Crippen molar-refractivity contribution in [3.05, 3.63) is 39.9 Å². The van der Waals surface area contributed by atoms with Crippen LogP contribution in [0.5, 0.6) is 0 Å². The van der Waals surface area contributed by atoms with Crippen LogP contribution in [0.2, 0.25) is 0 Å². The molecular weight excluding hydrogens is 312 g/mol. The molecule has 2 aromatic rings. The standard InChI is InChI=1S/C8H5Br2N4/c1-5-11-12-13-14(5)7-4-2-3-6(9)8(7)10/h2-4H,1H2. The smallest absolute Gasteiger partial charge is 0.157 e. The van der Waals surface area contributed by atoms with Crippen molar-refractivity contribution < 1.29 is 0 Å². The number of aromatic nitrogens is 4. The molecule has 1 heterocycles. The second-order valence-electron chi connectivity index (χ2n) is 2.58. The fourth-order valence-electron chi connectivity index (χ4n) is 1.05. The molecule has 71 valence electrons. The van der Waals surface area contributed by atoms with Gasteiger partial charge in [-0.1, -0.05) is 6.07 Å². The molecule has 0 unspecified atom stereocenters. The summed E-state index contributed by atoms with van der Waals surface area (Å²) in [6.07, 6.45) is 0. The number of halogens is 2. The molecule has 0 amide bonds. The molecule has 1 radical (unpaired) electrons. The Morgan fingerprint density at radius 3 is 2.71 bits per heavy atom. The number of rotatable bonds is 1. The summed E-state index contributed by atoms with van der Waals surface area (Å²) in [5.41, 5.74) is 0.856. The van der Waals surface area contributed by atoms with Gasteiger partial charge in [0.25, 0.3) is 0 Å². The van der Waals surface area contributed by atoms with Crippen molar-refractivity contribution in [1.82, 2.24) is 20.2 Å². The number of nitrogens with zero attached hydrogens (tertiary/aromatic N) is 4. The lowest BCUT2D eigenvalue weighted by Crippen LogP contribution is -2.00. The van der Waals surface area contributed by atoms with E-state index in [1.165, 1.54) is 0 Å². The SMILES string of the molecule is [CH2]c1nnnn1-c1cccc(Br)c1Br. The van der Waals surface area contributed by atoms with Gasteiger partial charge in [0.05, 0.1) is 10.2 Å². The Balaban J connectivity index is 2.63. The molecule has 6 heteroatoms. The molecule has 0 saturated carbocycles. The highest BCUT2D eigenvalue weighted by atomic mass is 79.9. The molecule has 1 aromatic carbocycles. The van der Waals surface area contributed by atoms with E-state index >= 15 is 0 Å². The van der Waals surface area contributed by atoms with Gasteiger partial charge in [0.15, 0.2) is 5.82 Å². The average Bonchev–Trinajstić information content (AvgIpc) is 2.57. The molecule has 0 aliphatic heterocycles. The Morgan fingerprint density at radius 2 is 2.07 bits per heavy atom. The van der Waals surface area contributed by atoms with Crippen molar-refractivity contribution in [1.29, 1.82) is 0 Å². The van der Waals surface area contributed by atoms with E-state index in [4.69, 9.17) is 0 Å². The number of hydrogen-bond acceptors (Lipinski definition) is 3. The fourth-order valence-corrected chi connectivity index (χ4v) is 1.84. The number of tetrazole rings is 1. The average molecular weight is 317 g/mol. The Bertz CT molecular complexity index is 466. The maximum absolute atomic E-state index is 3.83. The van der Waals surface area contributed by atoms with Gasteiger partial charge >= 0.3 is 0 Å². The third kappa shape index (κ3) is 1.59. The number of benzene rings is 1. The molecule has 14 heavy (non-hydrogen) atoms. The van der Waals surface area contributed by atoms with E-state index in [1.54, 1.807) is 4.68 Å². The zero-order chi connectivity index (χ0) is 10.1. The highest BCUT2D eigenvalue weighted by Gasteiger charge is 2.09. The van der Waals surface area contributed by atoms with Gasteiger partial charge in [-0.15, -0.1) is 5.10 Å². The van der Waals surface area contributed by atoms with Gasteiger partial charge in [-0.2, -0.15) is 4.68 Å². The summed E-state index contributed by atoms with van der Waals surface area (Å²) in [7, 11) is 0. The van der Waals surface area contributed by atoms with Crippen molar-refractivity contribution in [3.8, 4) is 5.69 Å². The highest BCUT2D eigenvalue weighted by Crippen LogP contribution is 2.28. The summed E-state index contributed by atoms with van der Waals surface area (Å²) in [5, 5.41) is 11.1. The van der Waals surface area contributed by atoms with E-state index in [0.717, 1.165) is 14.6 Å². The van der Waals surface area contributed by atoms with Crippen LogP contribution in [0.4, 0.5) is 0 Å². The number of hydrogen-bond donors (Lipinski definition) is 0. The molecule has 4 nitrogen and oxygen atoms in total. The summed E-state index contributed by atoms with van der Waals surface area (Å²) in [5.74, 6) is 0.504. The molecular formula is C8H5Br2N4. The summed E-state index contributed by atoms with van der Waals surface area (Å²) in [6.45, 7) is 3.72. The van der Waals surface area contributed by atoms with Gasteiger partial charge in [-0.05, 0) is 54.4 Å². The van der Waals surface area contributed by atoms with E-state index in [1.807, 2.05) is 18.2 Å². The van der Waals surface area contributed by atoms with E-state index in [2.05, 4.69) is 54.3 Å². The van der Waals surface area contributed by atoms with Gasteiger partial charge in [0, 0.05) is 11.4 Å². The van der Waals surface area contributed by atoms with Crippen LogP contribution in [0.1, 0.15) is 5.82 Å². The normalized spacial score (nSPS) is 10.5. The first kappa shape index (κ1) is 9.79. The van der Waals surface area contributed by atoms with Gasteiger partial charge in [0.1, 0.15) is 0 Å². The van der Waals surface area contributed by atoms with Crippen molar-refractivity contribution in [3.63, 3.8) is 0 Å². The Hall–Kier alpha value is -0.750. The predicted molar refractivity (Wildman–Crippen MR) is 59.0 cm³/mol. The van der Waals surface area contributed by atoms with E-state index in [0.29, 0.717) is 5.82 Å². The maximum atomic E-state index is 3.83. The molecule has 0 bridgehead atoms. The third-order valence-corrected chi connectivity index (χ3v) is 3.72. The first-order valence-corrected chi connectivity index (χ1v) is 5.33. The Kier molecular flexibility index (Phi) is 2.64. The molecule has 0 saturated heterocycles. The molecule has 0 fully saturated rings. The van der Waals surface area contributed by atoms with Crippen LogP contribution in [-0.4, -0.2) is 20.2 Å². The molecule has 2 rings (SSSR count). The fraction of sp³-hybridized carbons (Fsp3) is 0. The zero-order valence-corrected chi connectivity index (χ0v) is 10.2. The monoisotopic (exact) mass is 315 g/mol. The minimum absolute atomic E-state index is 0.504. The second-order valence-corrected chi connectivity index (χ2v) is 4.23. The van der Waals surface area contributed by atoms with Crippen molar-refractivity contribution in [2.75, 3.05) is 0 Å². The summed E-state index contributed by atoms with van der Waals surface area (Å²) in [6, 6.07) is 5.74. The lowest BCUT2D eigenvalue weighted by Gasteiger charge is -2.05. The molecule has 0 atom stereocenters. The van der Waals surface area contributed by atoms with Crippen LogP contribution in [0.3, 0.4) is 0 Å². The summed E-state index contributed by atoms with van der Waals surface area (Å²) in [4.78, 5) is 0. The largest absolute Gasteiger partial charge is 0.196 e. The van der Waals surface area contributed by atoms with Crippen LogP contribution in [0.15, 0.2) is 27.1 Å². The van der Waals surface area contributed by atoms with E-state index in [-0.39, 0.29) is 0 Å². The maximum Gasteiger partial charge on any atom is 0.157 e. The van der Waals surface area contributed by atoms with Crippen molar-refractivity contribution >= 4 is 31.9 Å². The first-order chi connectivity index (χ1) is 6.70.